The van der Waals surface area contributed by atoms with Gasteiger partial charge in [-0.05, 0) is 12.5 Å². The van der Waals surface area contributed by atoms with Gasteiger partial charge in [-0.25, -0.2) is 0 Å². The summed E-state index contributed by atoms with van der Waals surface area (Å²) < 4.78 is 0. The SMILES string of the molecule is CCC(C(N)=O)N1CCC(=NO)c2ccccc21. The highest BCUT2D eigenvalue weighted by atomic mass is 16.4. The van der Waals surface area contributed by atoms with Crippen LogP contribution in [-0.4, -0.2) is 29.4 Å². The molecular weight excluding hydrogens is 230 g/mol. The zero-order valence-corrected chi connectivity index (χ0v) is 10.3. The third kappa shape index (κ3) is 2.03. The van der Waals surface area contributed by atoms with E-state index < -0.39 is 0 Å². The van der Waals surface area contributed by atoms with Gasteiger partial charge in [0, 0.05) is 24.2 Å². The number of amides is 1. The number of fused-ring (bicyclic) bond motifs is 1. The molecule has 0 radical (unpaired) electrons. The van der Waals surface area contributed by atoms with Crippen molar-refractivity contribution in [2.75, 3.05) is 11.4 Å². The number of carbonyl (C=O) groups is 1. The fourth-order valence-electron chi connectivity index (χ4n) is 2.45. The highest BCUT2D eigenvalue weighted by Gasteiger charge is 2.29. The van der Waals surface area contributed by atoms with Crippen LogP contribution in [0, 0.1) is 0 Å². The summed E-state index contributed by atoms with van der Waals surface area (Å²) in [6.45, 7) is 2.57. The predicted octanol–water partition coefficient (Wildman–Crippen LogP) is 1.34. The van der Waals surface area contributed by atoms with Crippen molar-refractivity contribution in [2.45, 2.75) is 25.8 Å². The largest absolute Gasteiger partial charge is 0.411 e. The Morgan fingerprint density at radius 2 is 2.28 bits per heavy atom. The molecule has 1 amide bonds. The Balaban J connectivity index is 2.45. The summed E-state index contributed by atoms with van der Waals surface area (Å²) in [4.78, 5) is 13.5. The lowest BCUT2D eigenvalue weighted by atomic mass is 9.97. The monoisotopic (exact) mass is 247 g/mol. The molecule has 0 spiro atoms. The van der Waals surface area contributed by atoms with Crippen LogP contribution in [0.3, 0.4) is 0 Å². The minimum Gasteiger partial charge on any atom is -0.411 e. The van der Waals surface area contributed by atoms with Crippen LogP contribution in [0.4, 0.5) is 5.69 Å². The van der Waals surface area contributed by atoms with Crippen LogP contribution in [0.1, 0.15) is 25.3 Å². The number of para-hydroxylation sites is 1. The number of anilines is 1. The molecule has 18 heavy (non-hydrogen) atoms. The van der Waals surface area contributed by atoms with Gasteiger partial charge in [0.1, 0.15) is 6.04 Å². The van der Waals surface area contributed by atoms with E-state index in [0.29, 0.717) is 25.1 Å². The van der Waals surface area contributed by atoms with Crippen molar-refractivity contribution in [1.29, 1.82) is 0 Å². The molecule has 3 N–H and O–H groups in total. The molecule has 96 valence electrons. The van der Waals surface area contributed by atoms with Gasteiger partial charge in [-0.15, -0.1) is 0 Å². The van der Waals surface area contributed by atoms with E-state index in [1.165, 1.54) is 0 Å². The highest BCUT2D eigenvalue weighted by molar-refractivity contribution is 6.07. The van der Waals surface area contributed by atoms with E-state index >= 15 is 0 Å². The maximum atomic E-state index is 11.5. The summed E-state index contributed by atoms with van der Waals surface area (Å²) in [7, 11) is 0. The Morgan fingerprint density at radius 3 is 2.89 bits per heavy atom. The number of hydrogen-bond donors (Lipinski definition) is 2. The van der Waals surface area contributed by atoms with Crippen molar-refractivity contribution < 1.29 is 10.0 Å². The number of benzene rings is 1. The van der Waals surface area contributed by atoms with Crippen molar-refractivity contribution in [3.8, 4) is 0 Å². The molecule has 1 aromatic carbocycles. The fourth-order valence-corrected chi connectivity index (χ4v) is 2.45. The van der Waals surface area contributed by atoms with Gasteiger partial charge < -0.3 is 15.8 Å². The molecular formula is C13H17N3O2. The average Bonchev–Trinajstić information content (AvgIpc) is 2.39. The molecule has 2 rings (SSSR count). The summed E-state index contributed by atoms with van der Waals surface area (Å²) in [6, 6.07) is 7.29. The first-order chi connectivity index (χ1) is 8.69. The third-order valence-corrected chi connectivity index (χ3v) is 3.33. The lowest BCUT2D eigenvalue weighted by molar-refractivity contribution is -0.119. The summed E-state index contributed by atoms with van der Waals surface area (Å²) in [5.41, 5.74) is 7.87. The molecule has 0 saturated carbocycles. The smallest absolute Gasteiger partial charge is 0.240 e. The van der Waals surface area contributed by atoms with E-state index in [9.17, 15) is 4.79 Å². The van der Waals surface area contributed by atoms with E-state index in [0.717, 1.165) is 11.3 Å². The second kappa shape index (κ2) is 5.08. The number of rotatable bonds is 3. The zero-order valence-electron chi connectivity index (χ0n) is 10.3. The van der Waals surface area contributed by atoms with Crippen molar-refractivity contribution in [3.63, 3.8) is 0 Å². The number of carbonyl (C=O) groups excluding carboxylic acids is 1. The van der Waals surface area contributed by atoms with Crippen LogP contribution in [0.2, 0.25) is 0 Å². The molecule has 0 aromatic heterocycles. The van der Waals surface area contributed by atoms with E-state index in [1.807, 2.05) is 36.1 Å². The van der Waals surface area contributed by atoms with Crippen molar-refractivity contribution in [3.05, 3.63) is 29.8 Å². The number of primary amides is 1. The second-order valence-electron chi connectivity index (χ2n) is 4.33. The van der Waals surface area contributed by atoms with Gasteiger partial charge in [0.25, 0.3) is 0 Å². The Kier molecular flexibility index (Phi) is 3.50. The first kappa shape index (κ1) is 12.4. The molecule has 0 fully saturated rings. The average molecular weight is 247 g/mol. The topological polar surface area (TPSA) is 78.9 Å². The summed E-state index contributed by atoms with van der Waals surface area (Å²) in [6.07, 6.45) is 1.27. The predicted molar refractivity (Wildman–Crippen MR) is 70.0 cm³/mol. The lowest BCUT2D eigenvalue weighted by Gasteiger charge is -2.36. The first-order valence-corrected chi connectivity index (χ1v) is 6.05. The Hall–Kier alpha value is -2.04. The second-order valence-corrected chi connectivity index (χ2v) is 4.33. The van der Waals surface area contributed by atoms with Gasteiger partial charge in [-0.2, -0.15) is 0 Å². The van der Waals surface area contributed by atoms with Crippen LogP contribution in [0.25, 0.3) is 0 Å². The molecule has 1 aliphatic heterocycles. The van der Waals surface area contributed by atoms with Crippen LogP contribution in [0.5, 0.6) is 0 Å². The quantitative estimate of drug-likeness (QED) is 0.625. The summed E-state index contributed by atoms with van der Waals surface area (Å²) in [5.74, 6) is -0.323. The van der Waals surface area contributed by atoms with E-state index in [1.54, 1.807) is 0 Å². The fraction of sp³-hybridized carbons (Fsp3) is 0.385. The standard InChI is InChI=1S/C13H17N3O2/c1-2-11(13(14)17)16-8-7-10(15-18)9-5-3-4-6-12(9)16/h3-6,11,18H,2,7-8H2,1H3,(H2,14,17). The molecule has 0 aliphatic carbocycles. The zero-order chi connectivity index (χ0) is 13.1. The molecule has 0 saturated heterocycles. The maximum Gasteiger partial charge on any atom is 0.240 e. The van der Waals surface area contributed by atoms with E-state index in [2.05, 4.69) is 5.16 Å². The maximum absolute atomic E-state index is 11.5. The first-order valence-electron chi connectivity index (χ1n) is 6.05. The lowest BCUT2D eigenvalue weighted by Crippen LogP contribution is -2.47. The molecule has 1 atom stereocenters. The molecule has 1 unspecified atom stereocenters. The number of nitrogens with zero attached hydrogens (tertiary/aromatic N) is 2. The van der Waals surface area contributed by atoms with E-state index in [4.69, 9.17) is 10.9 Å². The molecule has 1 heterocycles. The number of hydrogen-bond acceptors (Lipinski definition) is 4. The minimum absolute atomic E-state index is 0.314. The van der Waals surface area contributed by atoms with Gasteiger partial charge in [-0.1, -0.05) is 30.3 Å². The normalized spacial score (nSPS) is 18.5. The third-order valence-electron chi connectivity index (χ3n) is 3.33. The number of nitrogens with two attached hydrogens (primary N) is 1. The Morgan fingerprint density at radius 1 is 1.56 bits per heavy atom. The molecule has 1 aromatic rings. The van der Waals surface area contributed by atoms with Crippen LogP contribution in [0.15, 0.2) is 29.4 Å². The van der Waals surface area contributed by atoms with E-state index in [-0.39, 0.29) is 11.9 Å². The molecule has 5 heteroatoms. The van der Waals surface area contributed by atoms with Crippen molar-refractivity contribution in [1.82, 2.24) is 0 Å². The van der Waals surface area contributed by atoms with Crippen LogP contribution >= 0.6 is 0 Å². The van der Waals surface area contributed by atoms with Gasteiger partial charge in [0.05, 0.1) is 5.71 Å². The highest BCUT2D eigenvalue weighted by Crippen LogP contribution is 2.29. The molecule has 5 nitrogen and oxygen atoms in total. The minimum atomic E-state index is -0.323. The number of oxime groups is 1. The van der Waals surface area contributed by atoms with Crippen LogP contribution in [-0.2, 0) is 4.79 Å². The van der Waals surface area contributed by atoms with Gasteiger partial charge in [-0.3, -0.25) is 4.79 Å². The summed E-state index contributed by atoms with van der Waals surface area (Å²) >= 11 is 0. The molecule has 1 aliphatic rings. The van der Waals surface area contributed by atoms with Gasteiger partial charge in [0.2, 0.25) is 5.91 Å². The van der Waals surface area contributed by atoms with Gasteiger partial charge >= 0.3 is 0 Å². The Bertz CT molecular complexity index is 485. The van der Waals surface area contributed by atoms with Crippen molar-refractivity contribution in [2.24, 2.45) is 10.9 Å². The summed E-state index contributed by atoms with van der Waals surface area (Å²) in [5, 5.41) is 12.3. The van der Waals surface area contributed by atoms with Crippen LogP contribution < -0.4 is 10.6 Å². The van der Waals surface area contributed by atoms with Crippen molar-refractivity contribution >= 4 is 17.3 Å². The molecule has 0 bridgehead atoms. The van der Waals surface area contributed by atoms with Gasteiger partial charge in [0.15, 0.2) is 0 Å². The Labute approximate surface area is 106 Å².